The maximum Gasteiger partial charge on any atom is 0.252 e. The maximum absolute atomic E-state index is 11.8. The third-order valence-corrected chi connectivity index (χ3v) is 4.89. The molecular formula is C20H25N5O2. The fourth-order valence-corrected chi connectivity index (χ4v) is 3.41. The molecule has 2 amide bonds. The largest absolute Gasteiger partial charge is 0.367 e. The lowest BCUT2D eigenvalue weighted by Crippen LogP contribution is -2.34. The number of hydrogen-bond donors (Lipinski definition) is 4. The molecule has 0 bridgehead atoms. The number of hydrogen-bond acceptors (Lipinski definition) is 5. The lowest BCUT2D eigenvalue weighted by molar-refractivity contribution is -0.125. The van der Waals surface area contributed by atoms with Crippen LogP contribution in [0.4, 0.5) is 17.3 Å². The van der Waals surface area contributed by atoms with Crippen LogP contribution >= 0.6 is 0 Å². The summed E-state index contributed by atoms with van der Waals surface area (Å²) in [5.74, 6) is 0.790. The second-order valence-corrected chi connectivity index (χ2v) is 6.76. The van der Waals surface area contributed by atoms with Gasteiger partial charge in [-0.25, -0.2) is 4.98 Å². The summed E-state index contributed by atoms with van der Waals surface area (Å²) in [4.78, 5) is 28.0. The molecule has 1 fully saturated rings. The molecule has 7 heteroatoms. The standard InChI is InChI=1S/C20H25N5O2/c1-22-20(27)13-7-9-15(10-8-13)23-17-12-11-16(18(21)26)19(25-17)24-14-5-3-2-4-6-14/h2-6,11-13,15H,7-10H2,1H3,(H2,21,26)(H,22,27)(H2,23,24,25)/t13-,15-. The highest BCUT2D eigenvalue weighted by Gasteiger charge is 2.25. The van der Waals surface area contributed by atoms with Gasteiger partial charge in [-0.05, 0) is 49.9 Å². The fourth-order valence-electron chi connectivity index (χ4n) is 3.41. The summed E-state index contributed by atoms with van der Waals surface area (Å²) in [6.45, 7) is 0. The van der Waals surface area contributed by atoms with Gasteiger partial charge in [-0.15, -0.1) is 0 Å². The van der Waals surface area contributed by atoms with E-state index in [1.54, 1.807) is 19.2 Å². The molecule has 0 spiro atoms. The van der Waals surface area contributed by atoms with E-state index < -0.39 is 5.91 Å². The minimum absolute atomic E-state index is 0.0913. The average Bonchev–Trinajstić information content (AvgIpc) is 2.69. The second kappa shape index (κ2) is 8.53. The van der Waals surface area contributed by atoms with Crippen LogP contribution in [0, 0.1) is 5.92 Å². The first-order valence-corrected chi connectivity index (χ1v) is 9.18. The van der Waals surface area contributed by atoms with Crippen molar-refractivity contribution >= 4 is 29.1 Å². The summed E-state index contributed by atoms with van der Waals surface area (Å²) in [6.07, 6.45) is 3.51. The zero-order chi connectivity index (χ0) is 19.2. The van der Waals surface area contributed by atoms with Crippen molar-refractivity contribution in [2.24, 2.45) is 11.7 Å². The molecule has 0 radical (unpaired) electrons. The highest BCUT2D eigenvalue weighted by molar-refractivity contribution is 5.98. The maximum atomic E-state index is 11.8. The molecule has 1 aromatic heterocycles. The van der Waals surface area contributed by atoms with Crippen molar-refractivity contribution in [2.75, 3.05) is 17.7 Å². The normalized spacial score (nSPS) is 19.1. The summed E-state index contributed by atoms with van der Waals surface area (Å²) < 4.78 is 0. The van der Waals surface area contributed by atoms with Gasteiger partial charge in [0.1, 0.15) is 11.6 Å². The molecule has 0 atom stereocenters. The Labute approximate surface area is 158 Å². The molecule has 1 aliphatic carbocycles. The van der Waals surface area contributed by atoms with E-state index in [1.807, 2.05) is 30.3 Å². The van der Waals surface area contributed by atoms with E-state index in [4.69, 9.17) is 5.73 Å². The Bertz CT molecular complexity index is 801. The second-order valence-electron chi connectivity index (χ2n) is 6.76. The third-order valence-electron chi connectivity index (χ3n) is 4.89. The van der Waals surface area contributed by atoms with Gasteiger partial charge in [0.05, 0.1) is 5.56 Å². The molecule has 0 aliphatic heterocycles. The molecule has 3 rings (SSSR count). The van der Waals surface area contributed by atoms with Crippen LogP contribution in [0.25, 0.3) is 0 Å². The van der Waals surface area contributed by atoms with Crippen LogP contribution < -0.4 is 21.7 Å². The smallest absolute Gasteiger partial charge is 0.252 e. The fraction of sp³-hybridized carbons (Fsp3) is 0.350. The van der Waals surface area contributed by atoms with Crippen molar-refractivity contribution < 1.29 is 9.59 Å². The van der Waals surface area contributed by atoms with Crippen molar-refractivity contribution in [3.05, 3.63) is 48.0 Å². The SMILES string of the molecule is CNC(=O)[C@H]1CC[C@H](Nc2ccc(C(N)=O)c(Nc3ccccc3)n2)CC1. The number of nitrogens with zero attached hydrogens (tertiary/aromatic N) is 1. The number of aromatic nitrogens is 1. The number of nitrogens with one attached hydrogen (secondary N) is 3. The Kier molecular flexibility index (Phi) is 5.90. The Morgan fingerprint density at radius 2 is 1.74 bits per heavy atom. The summed E-state index contributed by atoms with van der Waals surface area (Å²) in [5.41, 5.74) is 6.65. The van der Waals surface area contributed by atoms with Crippen molar-refractivity contribution in [2.45, 2.75) is 31.7 Å². The van der Waals surface area contributed by atoms with Crippen LogP contribution in [0.15, 0.2) is 42.5 Å². The first kappa shape index (κ1) is 18.7. The summed E-state index contributed by atoms with van der Waals surface area (Å²) in [6, 6.07) is 13.2. The van der Waals surface area contributed by atoms with Crippen LogP contribution in [-0.4, -0.2) is 29.9 Å². The Morgan fingerprint density at radius 3 is 2.37 bits per heavy atom. The topological polar surface area (TPSA) is 109 Å². The van der Waals surface area contributed by atoms with Crippen LogP contribution in [0.2, 0.25) is 0 Å². The number of benzene rings is 1. The molecule has 0 saturated heterocycles. The predicted octanol–water partition coefficient (Wildman–Crippen LogP) is 2.64. The van der Waals surface area contributed by atoms with Gasteiger partial charge in [-0.1, -0.05) is 18.2 Å². The first-order chi connectivity index (χ1) is 13.1. The van der Waals surface area contributed by atoms with Gasteiger partial charge in [0, 0.05) is 24.7 Å². The zero-order valence-electron chi connectivity index (χ0n) is 15.4. The molecule has 5 N–H and O–H groups in total. The number of carbonyl (C=O) groups is 2. The predicted molar refractivity (Wildman–Crippen MR) is 106 cm³/mol. The summed E-state index contributed by atoms with van der Waals surface area (Å²) in [5, 5.41) is 9.29. The Morgan fingerprint density at radius 1 is 1.04 bits per heavy atom. The van der Waals surface area contributed by atoms with Gasteiger partial charge in [0.25, 0.3) is 5.91 Å². The van der Waals surface area contributed by atoms with Gasteiger partial charge in [0.2, 0.25) is 5.91 Å². The minimum Gasteiger partial charge on any atom is -0.367 e. The molecule has 1 aromatic carbocycles. The molecule has 142 valence electrons. The van der Waals surface area contributed by atoms with Gasteiger partial charge in [-0.3, -0.25) is 9.59 Å². The molecule has 0 unspecified atom stereocenters. The van der Waals surface area contributed by atoms with Crippen LogP contribution in [0.1, 0.15) is 36.0 Å². The van der Waals surface area contributed by atoms with Gasteiger partial charge in [-0.2, -0.15) is 0 Å². The molecule has 27 heavy (non-hydrogen) atoms. The highest BCUT2D eigenvalue weighted by Crippen LogP contribution is 2.27. The number of rotatable bonds is 6. The number of pyridine rings is 1. The van der Waals surface area contributed by atoms with Crippen molar-refractivity contribution in [3.8, 4) is 0 Å². The van der Waals surface area contributed by atoms with E-state index in [1.165, 1.54) is 0 Å². The van der Waals surface area contributed by atoms with E-state index in [-0.39, 0.29) is 17.9 Å². The lowest BCUT2D eigenvalue weighted by atomic mass is 9.85. The van der Waals surface area contributed by atoms with Gasteiger partial charge < -0.3 is 21.7 Å². The first-order valence-electron chi connectivity index (χ1n) is 9.18. The van der Waals surface area contributed by atoms with Gasteiger partial charge in [0.15, 0.2) is 0 Å². The molecule has 7 nitrogen and oxygen atoms in total. The van der Waals surface area contributed by atoms with Crippen molar-refractivity contribution in [1.82, 2.24) is 10.3 Å². The highest BCUT2D eigenvalue weighted by atomic mass is 16.2. The number of para-hydroxylation sites is 1. The Hall–Kier alpha value is -3.09. The van der Waals surface area contributed by atoms with E-state index in [9.17, 15) is 9.59 Å². The lowest BCUT2D eigenvalue weighted by Gasteiger charge is -2.28. The zero-order valence-corrected chi connectivity index (χ0v) is 15.4. The summed E-state index contributed by atoms with van der Waals surface area (Å²) in [7, 11) is 1.68. The van der Waals surface area contributed by atoms with E-state index in [2.05, 4.69) is 20.9 Å². The summed E-state index contributed by atoms with van der Waals surface area (Å²) >= 11 is 0. The van der Waals surface area contributed by atoms with Crippen LogP contribution in [0.3, 0.4) is 0 Å². The third kappa shape index (κ3) is 4.75. The number of nitrogens with two attached hydrogens (primary N) is 1. The minimum atomic E-state index is -0.529. The quantitative estimate of drug-likeness (QED) is 0.627. The average molecular weight is 367 g/mol. The molecule has 1 aliphatic rings. The number of amides is 2. The van der Waals surface area contributed by atoms with E-state index >= 15 is 0 Å². The Balaban J connectivity index is 1.70. The van der Waals surface area contributed by atoms with Crippen molar-refractivity contribution in [1.29, 1.82) is 0 Å². The van der Waals surface area contributed by atoms with Crippen LogP contribution in [-0.2, 0) is 4.79 Å². The molecule has 2 aromatic rings. The molecular weight excluding hydrogens is 342 g/mol. The van der Waals surface area contributed by atoms with E-state index in [0.717, 1.165) is 31.4 Å². The van der Waals surface area contributed by atoms with Crippen molar-refractivity contribution in [3.63, 3.8) is 0 Å². The van der Waals surface area contributed by atoms with E-state index in [0.29, 0.717) is 17.2 Å². The number of carbonyl (C=O) groups excluding carboxylic acids is 2. The van der Waals surface area contributed by atoms with Gasteiger partial charge >= 0.3 is 0 Å². The van der Waals surface area contributed by atoms with Crippen LogP contribution in [0.5, 0.6) is 0 Å². The molecule has 1 heterocycles. The number of primary amides is 1. The number of anilines is 3. The molecule has 1 saturated carbocycles. The monoisotopic (exact) mass is 367 g/mol.